The number of carbonyl (C=O) groups is 1. The summed E-state index contributed by atoms with van der Waals surface area (Å²) in [7, 11) is 0. The highest BCUT2D eigenvalue weighted by Crippen LogP contribution is 2.25. The normalized spacial score (nSPS) is 11.3. The highest BCUT2D eigenvalue weighted by molar-refractivity contribution is 5.95. The van der Waals surface area contributed by atoms with Crippen LogP contribution in [-0.2, 0) is 0 Å². The molecule has 0 aliphatic heterocycles. The molecule has 4 nitrogen and oxygen atoms in total. The van der Waals surface area contributed by atoms with E-state index in [9.17, 15) is 18.0 Å². The molecule has 1 radical (unpaired) electrons. The van der Waals surface area contributed by atoms with Crippen molar-refractivity contribution in [1.82, 2.24) is 0 Å². The Morgan fingerprint density at radius 2 is 2.12 bits per heavy atom. The van der Waals surface area contributed by atoms with Gasteiger partial charge in [0.05, 0.1) is 6.61 Å². The number of amides is 1. The minimum absolute atomic E-state index is 0.152. The number of hydrogen-bond acceptors (Lipinski definition) is 3. The second-order valence-corrected chi connectivity index (χ2v) is 3.05. The summed E-state index contributed by atoms with van der Waals surface area (Å²) in [6.45, 7) is -0.361. The van der Waals surface area contributed by atoms with Crippen molar-refractivity contribution in [2.45, 2.75) is 6.36 Å². The SMILES string of the molecule is NC(=O)c1cc(OC(F)(F)F)ccc1[CH]CO. The molecule has 7 heteroatoms. The smallest absolute Gasteiger partial charge is 0.406 e. The summed E-state index contributed by atoms with van der Waals surface area (Å²) in [5.74, 6) is -1.45. The minimum atomic E-state index is -4.84. The number of rotatable bonds is 4. The molecule has 0 fully saturated rings. The third kappa shape index (κ3) is 3.95. The summed E-state index contributed by atoms with van der Waals surface area (Å²) in [6, 6.07) is 3.11. The van der Waals surface area contributed by atoms with E-state index >= 15 is 0 Å². The first kappa shape index (κ1) is 13.3. The zero-order valence-corrected chi connectivity index (χ0v) is 8.49. The average Bonchev–Trinajstić information content (AvgIpc) is 2.18. The molecule has 1 amide bonds. The van der Waals surface area contributed by atoms with Crippen LogP contribution in [0.4, 0.5) is 13.2 Å². The lowest BCUT2D eigenvalue weighted by Crippen LogP contribution is -2.19. The summed E-state index contributed by atoms with van der Waals surface area (Å²) >= 11 is 0. The number of ether oxygens (including phenoxy) is 1. The Hall–Kier alpha value is -1.76. The van der Waals surface area contributed by atoms with Gasteiger partial charge in [0.2, 0.25) is 5.91 Å². The van der Waals surface area contributed by atoms with E-state index in [1.165, 1.54) is 12.5 Å². The molecule has 3 N–H and O–H groups in total. The van der Waals surface area contributed by atoms with Gasteiger partial charge in [0.25, 0.3) is 0 Å². The highest BCUT2D eigenvalue weighted by atomic mass is 19.4. The number of halogens is 3. The largest absolute Gasteiger partial charge is 0.573 e. The van der Waals surface area contributed by atoms with Crippen LogP contribution in [0.3, 0.4) is 0 Å². The van der Waals surface area contributed by atoms with E-state index in [0.29, 0.717) is 0 Å². The molecule has 0 heterocycles. The Labute approximate surface area is 94.8 Å². The van der Waals surface area contributed by atoms with E-state index in [4.69, 9.17) is 10.8 Å². The summed E-state index contributed by atoms with van der Waals surface area (Å²) in [4.78, 5) is 11.0. The molecule has 0 aliphatic rings. The van der Waals surface area contributed by atoms with Crippen molar-refractivity contribution >= 4 is 5.91 Å². The van der Waals surface area contributed by atoms with Crippen molar-refractivity contribution in [3.8, 4) is 5.75 Å². The first-order valence-electron chi connectivity index (χ1n) is 4.47. The monoisotopic (exact) mass is 248 g/mol. The van der Waals surface area contributed by atoms with Crippen LogP contribution in [0.25, 0.3) is 0 Å². The molecule has 17 heavy (non-hydrogen) atoms. The van der Waals surface area contributed by atoms with Crippen molar-refractivity contribution in [2.75, 3.05) is 6.61 Å². The van der Waals surface area contributed by atoms with Gasteiger partial charge in [0, 0.05) is 12.0 Å². The molecule has 1 rings (SSSR count). The van der Waals surface area contributed by atoms with Crippen LogP contribution < -0.4 is 10.5 Å². The van der Waals surface area contributed by atoms with Crippen molar-refractivity contribution in [2.24, 2.45) is 5.73 Å². The van der Waals surface area contributed by atoms with Crippen LogP contribution in [0.15, 0.2) is 18.2 Å². The summed E-state index contributed by atoms with van der Waals surface area (Å²) in [6.07, 6.45) is -3.59. The van der Waals surface area contributed by atoms with Gasteiger partial charge >= 0.3 is 6.36 Å². The van der Waals surface area contributed by atoms with Crippen LogP contribution in [-0.4, -0.2) is 24.0 Å². The standard InChI is InChI=1S/C10H9F3NO3/c11-10(12,13)17-7-2-1-6(3-4-15)8(5-7)9(14)16/h1-3,5,15H,4H2,(H2,14,16). The van der Waals surface area contributed by atoms with Gasteiger partial charge < -0.3 is 15.6 Å². The molecule has 0 atom stereocenters. The second kappa shape index (κ2) is 5.05. The van der Waals surface area contributed by atoms with Crippen molar-refractivity contribution in [3.05, 3.63) is 35.7 Å². The fourth-order valence-corrected chi connectivity index (χ4v) is 1.22. The van der Waals surface area contributed by atoms with Gasteiger partial charge in [-0.15, -0.1) is 13.2 Å². The second-order valence-electron chi connectivity index (χ2n) is 3.05. The Balaban J connectivity index is 3.05. The van der Waals surface area contributed by atoms with E-state index < -0.39 is 18.0 Å². The number of aliphatic hydroxyl groups is 1. The maximum atomic E-state index is 11.9. The zero-order chi connectivity index (χ0) is 13.1. The number of benzene rings is 1. The predicted molar refractivity (Wildman–Crippen MR) is 52.1 cm³/mol. The van der Waals surface area contributed by atoms with Gasteiger partial charge in [-0.3, -0.25) is 4.79 Å². The molecule has 1 aromatic rings. The van der Waals surface area contributed by atoms with Gasteiger partial charge in [-0.05, 0) is 17.7 Å². The summed E-state index contributed by atoms with van der Waals surface area (Å²) in [5, 5.41) is 8.66. The maximum absolute atomic E-state index is 11.9. The van der Waals surface area contributed by atoms with Crippen molar-refractivity contribution < 1.29 is 27.8 Å². The average molecular weight is 248 g/mol. The Morgan fingerprint density at radius 1 is 1.47 bits per heavy atom. The molecule has 0 aromatic heterocycles. The highest BCUT2D eigenvalue weighted by Gasteiger charge is 2.31. The molecular weight excluding hydrogens is 239 g/mol. The lowest BCUT2D eigenvalue weighted by Gasteiger charge is -2.11. The fourth-order valence-electron chi connectivity index (χ4n) is 1.22. The first-order valence-corrected chi connectivity index (χ1v) is 4.47. The Bertz CT molecular complexity index is 418. The van der Waals surface area contributed by atoms with Crippen LogP contribution >= 0.6 is 0 Å². The number of aliphatic hydroxyl groups excluding tert-OH is 1. The molecule has 0 saturated heterocycles. The van der Waals surface area contributed by atoms with Gasteiger partial charge in [-0.2, -0.15) is 0 Å². The quantitative estimate of drug-likeness (QED) is 0.841. The third-order valence-corrected chi connectivity index (χ3v) is 1.83. The number of alkyl halides is 3. The molecule has 0 unspecified atom stereocenters. The fraction of sp³-hybridized carbons (Fsp3) is 0.200. The van der Waals surface area contributed by atoms with E-state index in [2.05, 4.69) is 4.74 Å². The molecular formula is C10H9F3NO3. The molecule has 0 spiro atoms. The summed E-state index contributed by atoms with van der Waals surface area (Å²) < 4.78 is 39.5. The zero-order valence-electron chi connectivity index (χ0n) is 8.49. The van der Waals surface area contributed by atoms with Gasteiger partial charge in [-0.1, -0.05) is 6.07 Å². The van der Waals surface area contributed by atoms with Crippen molar-refractivity contribution in [1.29, 1.82) is 0 Å². The Morgan fingerprint density at radius 3 is 2.59 bits per heavy atom. The lowest BCUT2D eigenvalue weighted by atomic mass is 10.0. The molecule has 0 bridgehead atoms. The third-order valence-electron chi connectivity index (χ3n) is 1.83. The molecule has 93 valence electrons. The van der Waals surface area contributed by atoms with Gasteiger partial charge in [0.1, 0.15) is 5.75 Å². The van der Waals surface area contributed by atoms with Crippen molar-refractivity contribution in [3.63, 3.8) is 0 Å². The maximum Gasteiger partial charge on any atom is 0.573 e. The van der Waals surface area contributed by atoms with Crippen LogP contribution in [0.5, 0.6) is 5.75 Å². The Kier molecular flexibility index (Phi) is 3.95. The lowest BCUT2D eigenvalue weighted by molar-refractivity contribution is -0.274. The summed E-state index contributed by atoms with van der Waals surface area (Å²) in [5.41, 5.74) is 5.09. The van der Waals surface area contributed by atoms with E-state index in [1.807, 2.05) is 0 Å². The minimum Gasteiger partial charge on any atom is -0.406 e. The number of primary amides is 1. The predicted octanol–water partition coefficient (Wildman–Crippen LogP) is 1.23. The van der Waals surface area contributed by atoms with Crippen LogP contribution in [0, 0.1) is 6.42 Å². The number of carbonyl (C=O) groups excluding carboxylic acids is 1. The van der Waals surface area contributed by atoms with E-state index in [1.54, 1.807) is 0 Å². The van der Waals surface area contributed by atoms with E-state index in [0.717, 1.165) is 12.1 Å². The van der Waals surface area contributed by atoms with Crippen LogP contribution in [0.2, 0.25) is 0 Å². The first-order chi connectivity index (χ1) is 7.83. The molecule has 0 aliphatic carbocycles. The number of hydrogen-bond donors (Lipinski definition) is 2. The topological polar surface area (TPSA) is 72.6 Å². The number of nitrogens with two attached hydrogens (primary N) is 1. The molecule has 0 saturated carbocycles. The van der Waals surface area contributed by atoms with Gasteiger partial charge in [-0.25, -0.2) is 0 Å². The van der Waals surface area contributed by atoms with Gasteiger partial charge in [0.15, 0.2) is 0 Å². The molecule has 1 aromatic carbocycles. The van der Waals surface area contributed by atoms with E-state index in [-0.39, 0.29) is 17.7 Å². The van der Waals surface area contributed by atoms with Crippen LogP contribution in [0.1, 0.15) is 15.9 Å².